The van der Waals surface area contributed by atoms with Gasteiger partial charge in [-0.15, -0.1) is 0 Å². The second-order valence-corrected chi connectivity index (χ2v) is 15.7. The van der Waals surface area contributed by atoms with Crippen molar-refractivity contribution in [1.82, 2.24) is 10.2 Å². The number of rotatable bonds is 7. The summed E-state index contributed by atoms with van der Waals surface area (Å²) in [4.78, 5) is 27.5. The number of benzene rings is 1. The lowest BCUT2D eigenvalue weighted by atomic mass is 9.94. The Bertz CT molecular complexity index is 796. The van der Waals surface area contributed by atoms with E-state index >= 15 is 0 Å². The molecule has 1 N–H and O–H groups in total. The summed E-state index contributed by atoms with van der Waals surface area (Å²) in [7, 11) is -0.286. The molecule has 1 aromatic rings. The number of amides is 2. The average Bonchev–Trinajstić information content (AvgIpc) is 2.95. The first-order valence-corrected chi connectivity index (χ1v) is 14.1. The van der Waals surface area contributed by atoms with Crippen molar-refractivity contribution >= 4 is 20.3 Å². The standard InChI is InChI=1S/C24H40N2O5Si/c1-23(2,3)31-22(28)25-20-19(17-10-12-18(29-7)13-11-17)16-26(21(20)27)14-15-30-32(8,9)24(4,5)6/h10-13,19-20H,14-16H2,1-9H3,(H,25,28). The van der Waals surface area contributed by atoms with Gasteiger partial charge in [-0.2, -0.15) is 0 Å². The molecule has 0 aromatic heterocycles. The van der Waals surface area contributed by atoms with E-state index in [0.29, 0.717) is 19.7 Å². The Balaban J connectivity index is 2.16. The third-order valence-corrected chi connectivity index (χ3v) is 10.8. The number of likely N-dealkylation sites (tertiary alicyclic amines) is 1. The van der Waals surface area contributed by atoms with Crippen molar-refractivity contribution < 1.29 is 23.5 Å². The van der Waals surface area contributed by atoms with E-state index in [0.717, 1.165) is 11.3 Å². The van der Waals surface area contributed by atoms with Gasteiger partial charge < -0.3 is 24.1 Å². The minimum atomic E-state index is -1.90. The normalized spacial score (nSPS) is 19.8. The molecular weight excluding hydrogens is 424 g/mol. The third-order valence-electron chi connectivity index (χ3n) is 6.24. The zero-order valence-electron chi connectivity index (χ0n) is 21.1. The van der Waals surface area contributed by atoms with Crippen LogP contribution in [0.5, 0.6) is 5.75 Å². The highest BCUT2D eigenvalue weighted by molar-refractivity contribution is 6.74. The summed E-state index contributed by atoms with van der Waals surface area (Å²) in [5.74, 6) is 0.443. The van der Waals surface area contributed by atoms with Gasteiger partial charge in [0.1, 0.15) is 17.4 Å². The van der Waals surface area contributed by atoms with Crippen LogP contribution in [0, 0.1) is 0 Å². The minimum Gasteiger partial charge on any atom is -0.497 e. The predicted molar refractivity (Wildman–Crippen MR) is 129 cm³/mol. The number of nitrogens with zero attached hydrogens (tertiary/aromatic N) is 1. The number of alkyl carbamates (subject to hydrolysis) is 1. The van der Waals surface area contributed by atoms with Crippen molar-refractivity contribution in [3.63, 3.8) is 0 Å². The topological polar surface area (TPSA) is 77.1 Å². The van der Waals surface area contributed by atoms with E-state index in [2.05, 4.69) is 39.2 Å². The van der Waals surface area contributed by atoms with Crippen LogP contribution in [0.15, 0.2) is 24.3 Å². The second kappa shape index (κ2) is 9.83. The fourth-order valence-electron chi connectivity index (χ4n) is 3.38. The van der Waals surface area contributed by atoms with E-state index in [9.17, 15) is 9.59 Å². The molecule has 2 rings (SSSR count). The Morgan fingerprint density at radius 2 is 1.72 bits per heavy atom. The van der Waals surface area contributed by atoms with E-state index < -0.39 is 26.1 Å². The Kier molecular flexibility index (Phi) is 8.04. The van der Waals surface area contributed by atoms with Crippen LogP contribution in [0.1, 0.15) is 53.0 Å². The summed E-state index contributed by atoms with van der Waals surface area (Å²) in [5.41, 5.74) is 0.325. The molecular formula is C24H40N2O5Si. The molecule has 1 aromatic carbocycles. The number of carbonyl (C=O) groups is 2. The van der Waals surface area contributed by atoms with Crippen molar-refractivity contribution in [2.24, 2.45) is 0 Å². The van der Waals surface area contributed by atoms with Crippen LogP contribution < -0.4 is 10.1 Å². The molecule has 0 radical (unpaired) electrons. The van der Waals surface area contributed by atoms with Gasteiger partial charge in [0.25, 0.3) is 0 Å². The van der Waals surface area contributed by atoms with E-state index in [4.69, 9.17) is 13.9 Å². The number of ether oxygens (including phenoxy) is 2. The van der Waals surface area contributed by atoms with Gasteiger partial charge in [0, 0.05) is 19.0 Å². The lowest BCUT2D eigenvalue weighted by molar-refractivity contribution is -0.129. The molecule has 0 saturated carbocycles. The van der Waals surface area contributed by atoms with E-state index in [1.165, 1.54) is 0 Å². The molecule has 2 unspecified atom stereocenters. The number of hydrogen-bond acceptors (Lipinski definition) is 5. The smallest absolute Gasteiger partial charge is 0.408 e. The van der Waals surface area contributed by atoms with Crippen LogP contribution in [0.3, 0.4) is 0 Å². The zero-order chi connectivity index (χ0) is 24.3. The monoisotopic (exact) mass is 464 g/mol. The van der Waals surface area contributed by atoms with Crippen molar-refractivity contribution in [2.75, 3.05) is 26.8 Å². The zero-order valence-corrected chi connectivity index (χ0v) is 22.1. The summed E-state index contributed by atoms with van der Waals surface area (Å²) in [6.07, 6.45) is -0.589. The fraction of sp³-hybridized carbons (Fsp3) is 0.667. The summed E-state index contributed by atoms with van der Waals surface area (Å²) >= 11 is 0. The van der Waals surface area contributed by atoms with E-state index in [1.807, 2.05) is 24.3 Å². The number of methoxy groups -OCH3 is 1. The van der Waals surface area contributed by atoms with Crippen molar-refractivity contribution in [3.05, 3.63) is 29.8 Å². The molecule has 32 heavy (non-hydrogen) atoms. The maximum atomic E-state index is 13.3. The van der Waals surface area contributed by atoms with Crippen molar-refractivity contribution in [2.45, 2.75) is 77.2 Å². The quantitative estimate of drug-likeness (QED) is 0.600. The second-order valence-electron chi connectivity index (χ2n) is 10.9. The molecule has 2 amide bonds. The summed E-state index contributed by atoms with van der Waals surface area (Å²) in [5, 5.41) is 2.91. The summed E-state index contributed by atoms with van der Waals surface area (Å²) in [6, 6.07) is 6.93. The number of carbonyl (C=O) groups excluding carboxylic acids is 2. The van der Waals surface area contributed by atoms with Gasteiger partial charge in [-0.1, -0.05) is 32.9 Å². The first kappa shape index (κ1) is 26.2. The van der Waals surface area contributed by atoms with Gasteiger partial charge in [0.15, 0.2) is 8.32 Å². The van der Waals surface area contributed by atoms with Crippen LogP contribution in [0.2, 0.25) is 18.1 Å². The summed E-state index contributed by atoms with van der Waals surface area (Å²) in [6.45, 7) is 17.9. The first-order chi connectivity index (χ1) is 14.6. The molecule has 0 spiro atoms. The molecule has 1 saturated heterocycles. The molecule has 1 aliphatic rings. The largest absolute Gasteiger partial charge is 0.497 e. The lowest BCUT2D eigenvalue weighted by Gasteiger charge is -2.36. The van der Waals surface area contributed by atoms with Gasteiger partial charge >= 0.3 is 6.09 Å². The maximum absolute atomic E-state index is 13.3. The van der Waals surface area contributed by atoms with Gasteiger partial charge in [0.05, 0.1) is 13.7 Å². The molecule has 2 atom stereocenters. The highest BCUT2D eigenvalue weighted by Gasteiger charge is 2.43. The molecule has 0 aliphatic carbocycles. The molecule has 8 heteroatoms. The van der Waals surface area contributed by atoms with Crippen LogP contribution in [-0.4, -0.2) is 63.7 Å². The van der Waals surface area contributed by atoms with Gasteiger partial charge in [-0.3, -0.25) is 4.79 Å². The van der Waals surface area contributed by atoms with Crippen molar-refractivity contribution in [1.29, 1.82) is 0 Å². The molecule has 7 nitrogen and oxygen atoms in total. The summed E-state index contributed by atoms with van der Waals surface area (Å²) < 4.78 is 16.9. The Hall–Kier alpha value is -2.06. The number of nitrogens with one attached hydrogen (secondary N) is 1. The minimum absolute atomic E-state index is 0.106. The van der Waals surface area contributed by atoms with Crippen molar-refractivity contribution in [3.8, 4) is 5.75 Å². The van der Waals surface area contributed by atoms with Gasteiger partial charge in [-0.05, 0) is 56.6 Å². The first-order valence-electron chi connectivity index (χ1n) is 11.2. The van der Waals surface area contributed by atoms with Gasteiger partial charge in [0.2, 0.25) is 5.91 Å². The maximum Gasteiger partial charge on any atom is 0.408 e. The lowest BCUT2D eigenvalue weighted by Crippen LogP contribution is -2.46. The SMILES string of the molecule is COc1ccc(C2CN(CCO[Si](C)(C)C(C)(C)C)C(=O)C2NC(=O)OC(C)(C)C)cc1. The van der Waals surface area contributed by atoms with Crippen LogP contribution in [0.25, 0.3) is 0 Å². The molecule has 180 valence electrons. The highest BCUT2D eigenvalue weighted by atomic mass is 28.4. The highest BCUT2D eigenvalue weighted by Crippen LogP contribution is 2.36. The third kappa shape index (κ3) is 6.72. The molecule has 1 heterocycles. The van der Waals surface area contributed by atoms with Gasteiger partial charge in [-0.25, -0.2) is 4.79 Å². The molecule has 1 aliphatic heterocycles. The van der Waals surface area contributed by atoms with E-state index in [1.54, 1.807) is 32.8 Å². The van der Waals surface area contributed by atoms with Crippen LogP contribution in [-0.2, 0) is 14.0 Å². The Labute approximate surface area is 193 Å². The average molecular weight is 465 g/mol. The molecule has 1 fully saturated rings. The van der Waals surface area contributed by atoms with Crippen LogP contribution >= 0.6 is 0 Å². The Morgan fingerprint density at radius 3 is 2.22 bits per heavy atom. The number of hydrogen-bond donors (Lipinski definition) is 1. The van der Waals surface area contributed by atoms with Crippen LogP contribution in [0.4, 0.5) is 4.79 Å². The predicted octanol–water partition coefficient (Wildman–Crippen LogP) is 4.54. The molecule has 0 bridgehead atoms. The fourth-order valence-corrected chi connectivity index (χ4v) is 4.41. The van der Waals surface area contributed by atoms with E-state index in [-0.39, 0.29) is 16.9 Å². The Morgan fingerprint density at radius 1 is 1.12 bits per heavy atom.